The first-order chi connectivity index (χ1) is 16.5. The third kappa shape index (κ3) is 4.36. The molecule has 0 aliphatic carbocycles. The molecule has 7 heteroatoms. The summed E-state index contributed by atoms with van der Waals surface area (Å²) in [6, 6.07) is 23.2. The van der Waals surface area contributed by atoms with Gasteiger partial charge in [-0.1, -0.05) is 57.9 Å². The Bertz CT molecular complexity index is 1370. The van der Waals surface area contributed by atoms with Crippen LogP contribution in [0.4, 0.5) is 5.69 Å². The van der Waals surface area contributed by atoms with Gasteiger partial charge in [0.05, 0.1) is 29.6 Å². The van der Waals surface area contributed by atoms with Crippen molar-refractivity contribution in [2.75, 3.05) is 38.2 Å². The van der Waals surface area contributed by atoms with Crippen LogP contribution in [-0.4, -0.2) is 49.1 Å². The molecule has 34 heavy (non-hydrogen) atoms. The summed E-state index contributed by atoms with van der Waals surface area (Å²) in [6.45, 7) is 2.71. The molecule has 1 amide bonds. The zero-order valence-corrected chi connectivity index (χ0v) is 21.0. The van der Waals surface area contributed by atoms with E-state index in [4.69, 9.17) is 21.3 Å². The Morgan fingerprint density at radius 1 is 0.971 bits per heavy atom. The van der Waals surface area contributed by atoms with E-state index in [1.54, 1.807) is 7.11 Å². The molecule has 0 unspecified atom stereocenters. The van der Waals surface area contributed by atoms with Gasteiger partial charge in [-0.15, -0.1) is 0 Å². The number of rotatable bonds is 4. The molecular formula is C27H23BrClN3O2. The summed E-state index contributed by atoms with van der Waals surface area (Å²) < 4.78 is 6.43. The zero-order chi connectivity index (χ0) is 23.7. The number of halogens is 2. The number of hydrogen-bond donors (Lipinski definition) is 0. The van der Waals surface area contributed by atoms with Crippen molar-refractivity contribution in [2.24, 2.45) is 0 Å². The first-order valence-corrected chi connectivity index (χ1v) is 12.2. The fourth-order valence-corrected chi connectivity index (χ4v) is 4.99. The van der Waals surface area contributed by atoms with Crippen molar-refractivity contribution in [3.63, 3.8) is 0 Å². The fourth-order valence-electron chi connectivity index (χ4n) is 4.39. The minimum atomic E-state index is -0.00141. The number of fused-ring (bicyclic) bond motifs is 1. The van der Waals surface area contributed by atoms with Gasteiger partial charge in [-0.2, -0.15) is 0 Å². The maximum atomic E-state index is 13.8. The molecule has 0 radical (unpaired) electrons. The third-order valence-electron chi connectivity index (χ3n) is 6.14. The molecule has 0 saturated carbocycles. The summed E-state index contributed by atoms with van der Waals surface area (Å²) in [4.78, 5) is 22.8. The Morgan fingerprint density at radius 2 is 1.71 bits per heavy atom. The highest BCUT2D eigenvalue weighted by molar-refractivity contribution is 9.10. The first kappa shape index (κ1) is 22.7. The van der Waals surface area contributed by atoms with Gasteiger partial charge in [0, 0.05) is 46.6 Å². The van der Waals surface area contributed by atoms with E-state index in [-0.39, 0.29) is 5.91 Å². The van der Waals surface area contributed by atoms with E-state index in [1.807, 2.05) is 71.6 Å². The van der Waals surface area contributed by atoms with Crippen molar-refractivity contribution >= 4 is 50.0 Å². The van der Waals surface area contributed by atoms with Gasteiger partial charge in [-0.3, -0.25) is 4.79 Å². The van der Waals surface area contributed by atoms with Crippen molar-refractivity contribution in [1.29, 1.82) is 0 Å². The lowest BCUT2D eigenvalue weighted by molar-refractivity contribution is 0.0748. The molecule has 0 N–H and O–H groups in total. The number of pyridine rings is 1. The second kappa shape index (κ2) is 9.65. The van der Waals surface area contributed by atoms with Crippen LogP contribution >= 0.6 is 27.5 Å². The number of para-hydroxylation sites is 2. The number of methoxy groups -OCH3 is 1. The standard InChI is InChI=1S/C27H23BrClN3O2/c1-34-26-9-5-4-8-25(26)31-12-14-32(15-13-31)27(33)21-17-24(19-6-2-3-7-22(19)29)30-23-11-10-18(28)16-20(21)23/h2-11,16-17H,12-15H2,1H3. The molecule has 0 bridgehead atoms. The molecule has 1 fully saturated rings. The minimum absolute atomic E-state index is 0.00141. The van der Waals surface area contributed by atoms with Crippen LogP contribution in [-0.2, 0) is 0 Å². The van der Waals surface area contributed by atoms with Gasteiger partial charge >= 0.3 is 0 Å². The molecule has 172 valence electrons. The monoisotopic (exact) mass is 535 g/mol. The highest BCUT2D eigenvalue weighted by Crippen LogP contribution is 2.32. The summed E-state index contributed by atoms with van der Waals surface area (Å²) in [5.41, 5.74) is 3.94. The molecule has 0 atom stereocenters. The smallest absolute Gasteiger partial charge is 0.254 e. The maximum Gasteiger partial charge on any atom is 0.254 e. The SMILES string of the molecule is COc1ccccc1N1CCN(C(=O)c2cc(-c3ccccc3Cl)nc3ccc(Br)cc23)CC1. The van der Waals surface area contributed by atoms with Crippen LogP contribution in [0.5, 0.6) is 5.75 Å². The minimum Gasteiger partial charge on any atom is -0.495 e. The van der Waals surface area contributed by atoms with Crippen LogP contribution in [0.2, 0.25) is 5.02 Å². The van der Waals surface area contributed by atoms with Crippen LogP contribution in [0.25, 0.3) is 22.2 Å². The highest BCUT2D eigenvalue weighted by atomic mass is 79.9. The Kier molecular flexibility index (Phi) is 6.44. The molecule has 5 rings (SSSR count). The maximum absolute atomic E-state index is 13.8. The predicted octanol–water partition coefficient (Wildman–Crippen LogP) is 6.29. The number of nitrogens with zero attached hydrogens (tertiary/aromatic N) is 3. The van der Waals surface area contributed by atoms with Gasteiger partial charge < -0.3 is 14.5 Å². The number of anilines is 1. The highest BCUT2D eigenvalue weighted by Gasteiger charge is 2.26. The number of benzene rings is 3. The van der Waals surface area contributed by atoms with E-state index >= 15 is 0 Å². The van der Waals surface area contributed by atoms with Gasteiger partial charge in [0.2, 0.25) is 0 Å². The average molecular weight is 537 g/mol. The van der Waals surface area contributed by atoms with Crippen molar-refractivity contribution in [1.82, 2.24) is 9.88 Å². The zero-order valence-electron chi connectivity index (χ0n) is 18.7. The van der Waals surface area contributed by atoms with Crippen molar-refractivity contribution in [3.05, 3.63) is 87.9 Å². The average Bonchev–Trinajstić information content (AvgIpc) is 2.88. The summed E-state index contributed by atoms with van der Waals surface area (Å²) in [5.74, 6) is 0.843. The fraction of sp³-hybridized carbons (Fsp3) is 0.185. The lowest BCUT2D eigenvalue weighted by atomic mass is 10.0. The quantitative estimate of drug-likeness (QED) is 0.308. The van der Waals surface area contributed by atoms with E-state index in [9.17, 15) is 4.79 Å². The van der Waals surface area contributed by atoms with E-state index < -0.39 is 0 Å². The van der Waals surface area contributed by atoms with Gasteiger partial charge in [0.1, 0.15) is 5.75 Å². The number of carbonyl (C=O) groups is 1. The van der Waals surface area contributed by atoms with E-state index in [1.165, 1.54) is 0 Å². The Morgan fingerprint density at radius 3 is 2.47 bits per heavy atom. The summed E-state index contributed by atoms with van der Waals surface area (Å²) in [7, 11) is 1.68. The first-order valence-electron chi connectivity index (χ1n) is 11.1. The van der Waals surface area contributed by atoms with Gasteiger partial charge in [-0.25, -0.2) is 4.98 Å². The number of hydrogen-bond acceptors (Lipinski definition) is 4. The number of piperazine rings is 1. The van der Waals surface area contributed by atoms with E-state index in [0.29, 0.717) is 29.4 Å². The molecule has 1 saturated heterocycles. The Labute approximate surface area is 212 Å². The molecule has 1 aliphatic rings. The predicted molar refractivity (Wildman–Crippen MR) is 141 cm³/mol. The normalized spacial score (nSPS) is 13.9. The number of aromatic nitrogens is 1. The summed E-state index contributed by atoms with van der Waals surface area (Å²) >= 11 is 10.00. The topological polar surface area (TPSA) is 45.7 Å². The lowest BCUT2D eigenvalue weighted by Crippen LogP contribution is -2.49. The van der Waals surface area contributed by atoms with E-state index in [2.05, 4.69) is 26.9 Å². The third-order valence-corrected chi connectivity index (χ3v) is 6.97. The van der Waals surface area contributed by atoms with Crippen molar-refractivity contribution < 1.29 is 9.53 Å². The Hall–Kier alpha value is -3.09. The number of ether oxygens (including phenoxy) is 1. The largest absolute Gasteiger partial charge is 0.495 e. The molecular weight excluding hydrogens is 514 g/mol. The summed E-state index contributed by atoms with van der Waals surface area (Å²) in [6.07, 6.45) is 0. The van der Waals surface area contributed by atoms with E-state index in [0.717, 1.165) is 45.5 Å². The molecule has 1 aromatic heterocycles. The van der Waals surface area contributed by atoms with Crippen LogP contribution < -0.4 is 9.64 Å². The van der Waals surface area contributed by atoms with Crippen LogP contribution in [0, 0.1) is 0 Å². The second-order valence-corrected chi connectivity index (χ2v) is 9.47. The molecule has 1 aliphatic heterocycles. The second-order valence-electron chi connectivity index (χ2n) is 8.15. The molecule has 3 aromatic carbocycles. The number of carbonyl (C=O) groups excluding carboxylic acids is 1. The molecule has 2 heterocycles. The lowest BCUT2D eigenvalue weighted by Gasteiger charge is -2.36. The van der Waals surface area contributed by atoms with Crippen LogP contribution in [0.1, 0.15) is 10.4 Å². The Balaban J connectivity index is 1.47. The molecule has 4 aromatic rings. The van der Waals surface area contributed by atoms with Crippen molar-refractivity contribution in [3.8, 4) is 17.0 Å². The number of amides is 1. The van der Waals surface area contributed by atoms with Gasteiger partial charge in [0.15, 0.2) is 0 Å². The van der Waals surface area contributed by atoms with Gasteiger partial charge in [-0.05, 0) is 42.5 Å². The molecule has 5 nitrogen and oxygen atoms in total. The van der Waals surface area contributed by atoms with Crippen LogP contribution in [0.15, 0.2) is 77.3 Å². The van der Waals surface area contributed by atoms with Crippen molar-refractivity contribution in [2.45, 2.75) is 0 Å². The van der Waals surface area contributed by atoms with Crippen LogP contribution in [0.3, 0.4) is 0 Å². The molecule has 0 spiro atoms. The summed E-state index contributed by atoms with van der Waals surface area (Å²) in [5, 5.41) is 1.43. The van der Waals surface area contributed by atoms with Gasteiger partial charge in [0.25, 0.3) is 5.91 Å².